The molecule has 0 fully saturated rings. The SMILES string of the molecule is Cc1cc2nnc(SC(C)C(=O)Nc3ccccc3F)n2c2ccccc12. The fourth-order valence-electron chi connectivity index (χ4n) is 2.96. The summed E-state index contributed by atoms with van der Waals surface area (Å²) in [6, 6.07) is 16.1. The molecule has 1 atom stereocenters. The molecule has 2 heterocycles. The Morgan fingerprint density at radius 2 is 1.89 bits per heavy atom. The molecule has 0 aliphatic rings. The zero-order valence-corrected chi connectivity index (χ0v) is 15.6. The topological polar surface area (TPSA) is 59.3 Å². The number of carbonyl (C=O) groups is 1. The molecule has 7 heteroatoms. The molecule has 0 radical (unpaired) electrons. The number of hydrogen-bond donors (Lipinski definition) is 1. The van der Waals surface area contributed by atoms with Crippen molar-refractivity contribution in [2.75, 3.05) is 5.32 Å². The van der Waals surface area contributed by atoms with Crippen LogP contribution >= 0.6 is 11.8 Å². The first-order valence-corrected chi connectivity index (χ1v) is 9.38. The first-order valence-electron chi connectivity index (χ1n) is 8.50. The van der Waals surface area contributed by atoms with E-state index in [-0.39, 0.29) is 11.6 Å². The second kappa shape index (κ2) is 7.00. The summed E-state index contributed by atoms with van der Waals surface area (Å²) in [4.78, 5) is 12.5. The summed E-state index contributed by atoms with van der Waals surface area (Å²) in [6.45, 7) is 3.80. The van der Waals surface area contributed by atoms with Crippen molar-refractivity contribution < 1.29 is 9.18 Å². The number of pyridine rings is 1. The summed E-state index contributed by atoms with van der Waals surface area (Å²) in [5, 5.41) is 12.4. The minimum absolute atomic E-state index is 0.169. The van der Waals surface area contributed by atoms with Crippen LogP contribution in [-0.4, -0.2) is 25.8 Å². The van der Waals surface area contributed by atoms with E-state index in [0.717, 1.165) is 22.1 Å². The number of carbonyl (C=O) groups excluding carboxylic acids is 1. The lowest BCUT2D eigenvalue weighted by Gasteiger charge is -2.12. The van der Waals surface area contributed by atoms with Gasteiger partial charge >= 0.3 is 0 Å². The number of nitrogens with zero attached hydrogens (tertiary/aromatic N) is 3. The number of nitrogens with one attached hydrogen (secondary N) is 1. The molecule has 1 amide bonds. The lowest BCUT2D eigenvalue weighted by Crippen LogP contribution is -2.23. The molecule has 0 aliphatic carbocycles. The summed E-state index contributed by atoms with van der Waals surface area (Å²) in [7, 11) is 0. The van der Waals surface area contributed by atoms with Gasteiger partial charge in [-0.25, -0.2) is 4.39 Å². The van der Waals surface area contributed by atoms with Crippen LogP contribution in [0.3, 0.4) is 0 Å². The number of halogens is 1. The normalized spacial score (nSPS) is 12.4. The highest BCUT2D eigenvalue weighted by molar-refractivity contribution is 8.00. The number of anilines is 1. The molecular formula is C20H17FN4OS. The molecule has 4 aromatic rings. The van der Waals surface area contributed by atoms with Crippen LogP contribution in [0.1, 0.15) is 12.5 Å². The molecule has 0 aliphatic heterocycles. The van der Waals surface area contributed by atoms with E-state index in [1.165, 1.54) is 23.9 Å². The molecule has 1 unspecified atom stereocenters. The zero-order chi connectivity index (χ0) is 19.0. The fourth-order valence-corrected chi connectivity index (χ4v) is 3.83. The van der Waals surface area contributed by atoms with Crippen LogP contribution in [0.5, 0.6) is 0 Å². The number of para-hydroxylation sites is 2. The summed E-state index contributed by atoms with van der Waals surface area (Å²) < 4.78 is 15.7. The third-order valence-electron chi connectivity index (χ3n) is 4.36. The van der Waals surface area contributed by atoms with Crippen molar-refractivity contribution in [1.82, 2.24) is 14.6 Å². The van der Waals surface area contributed by atoms with E-state index >= 15 is 0 Å². The van der Waals surface area contributed by atoms with E-state index in [1.54, 1.807) is 19.1 Å². The van der Waals surface area contributed by atoms with Gasteiger partial charge in [0.1, 0.15) is 5.82 Å². The smallest absolute Gasteiger partial charge is 0.237 e. The van der Waals surface area contributed by atoms with Crippen molar-refractivity contribution in [3.63, 3.8) is 0 Å². The zero-order valence-electron chi connectivity index (χ0n) is 14.8. The van der Waals surface area contributed by atoms with E-state index in [4.69, 9.17) is 0 Å². The molecule has 27 heavy (non-hydrogen) atoms. The highest BCUT2D eigenvalue weighted by Crippen LogP contribution is 2.28. The Hall–Kier alpha value is -2.93. The quantitative estimate of drug-likeness (QED) is 0.532. The second-order valence-corrected chi connectivity index (χ2v) is 7.56. The van der Waals surface area contributed by atoms with Crippen molar-refractivity contribution in [2.45, 2.75) is 24.3 Å². The maximum atomic E-state index is 13.8. The monoisotopic (exact) mass is 380 g/mol. The molecule has 2 aromatic carbocycles. The Bertz CT molecular complexity index is 1160. The number of hydrogen-bond acceptors (Lipinski definition) is 4. The summed E-state index contributed by atoms with van der Waals surface area (Å²) >= 11 is 1.29. The number of amides is 1. The Morgan fingerprint density at radius 3 is 2.70 bits per heavy atom. The van der Waals surface area contributed by atoms with E-state index < -0.39 is 11.1 Å². The van der Waals surface area contributed by atoms with Crippen molar-refractivity contribution in [2.24, 2.45) is 0 Å². The number of aromatic nitrogens is 3. The van der Waals surface area contributed by atoms with Gasteiger partial charge in [0.05, 0.1) is 16.5 Å². The number of aryl methyl sites for hydroxylation is 1. The lowest BCUT2D eigenvalue weighted by atomic mass is 10.1. The summed E-state index contributed by atoms with van der Waals surface area (Å²) in [6.07, 6.45) is 0. The van der Waals surface area contributed by atoms with Crippen LogP contribution in [0.25, 0.3) is 16.6 Å². The maximum Gasteiger partial charge on any atom is 0.237 e. The van der Waals surface area contributed by atoms with Gasteiger partial charge in [0.25, 0.3) is 0 Å². The number of thioether (sulfide) groups is 1. The van der Waals surface area contributed by atoms with Crippen molar-refractivity contribution in [1.29, 1.82) is 0 Å². The van der Waals surface area contributed by atoms with Gasteiger partial charge in [-0.1, -0.05) is 42.1 Å². The number of fused-ring (bicyclic) bond motifs is 3. The molecule has 0 spiro atoms. The Morgan fingerprint density at radius 1 is 1.15 bits per heavy atom. The van der Waals surface area contributed by atoms with Gasteiger partial charge < -0.3 is 5.32 Å². The van der Waals surface area contributed by atoms with Gasteiger partial charge in [-0.2, -0.15) is 0 Å². The molecule has 1 N–H and O–H groups in total. The lowest BCUT2D eigenvalue weighted by molar-refractivity contribution is -0.115. The standard InChI is InChI=1S/C20H17FN4OS/c1-12-11-18-23-24-20(25(18)17-10-6-3-7-14(12)17)27-13(2)19(26)22-16-9-5-4-8-15(16)21/h3-11,13H,1-2H3,(H,22,26). The van der Waals surface area contributed by atoms with Gasteiger partial charge in [-0.15, -0.1) is 10.2 Å². The largest absolute Gasteiger partial charge is 0.323 e. The van der Waals surface area contributed by atoms with Crippen LogP contribution < -0.4 is 5.32 Å². The fraction of sp³-hybridized carbons (Fsp3) is 0.150. The van der Waals surface area contributed by atoms with Crippen LogP contribution in [0.15, 0.2) is 59.8 Å². The highest BCUT2D eigenvalue weighted by Gasteiger charge is 2.20. The first-order chi connectivity index (χ1) is 13.0. The van der Waals surface area contributed by atoms with Gasteiger partial charge in [-0.05, 0) is 43.7 Å². The van der Waals surface area contributed by atoms with E-state index in [2.05, 4.69) is 15.5 Å². The van der Waals surface area contributed by atoms with Gasteiger partial charge in [-0.3, -0.25) is 9.20 Å². The Balaban J connectivity index is 1.64. The van der Waals surface area contributed by atoms with Crippen molar-refractivity contribution in [3.05, 3.63) is 66.0 Å². The van der Waals surface area contributed by atoms with Crippen molar-refractivity contribution >= 4 is 39.9 Å². The molecule has 5 nitrogen and oxygen atoms in total. The van der Waals surface area contributed by atoms with Gasteiger partial charge in [0.15, 0.2) is 10.8 Å². The molecule has 4 rings (SSSR count). The highest BCUT2D eigenvalue weighted by atomic mass is 32.2. The average Bonchev–Trinajstić information content (AvgIpc) is 3.06. The maximum absolute atomic E-state index is 13.8. The van der Waals surface area contributed by atoms with Gasteiger partial charge in [0.2, 0.25) is 5.91 Å². The molecule has 136 valence electrons. The van der Waals surface area contributed by atoms with E-state index in [9.17, 15) is 9.18 Å². The van der Waals surface area contributed by atoms with Gasteiger partial charge in [0, 0.05) is 5.39 Å². The van der Waals surface area contributed by atoms with Crippen molar-refractivity contribution in [3.8, 4) is 0 Å². The first kappa shape index (κ1) is 17.5. The minimum Gasteiger partial charge on any atom is -0.323 e. The van der Waals surface area contributed by atoms with Crippen LogP contribution in [0, 0.1) is 12.7 Å². The number of benzene rings is 2. The second-order valence-electron chi connectivity index (χ2n) is 6.25. The molecule has 0 saturated carbocycles. The number of rotatable bonds is 4. The van der Waals surface area contributed by atoms with Crippen LogP contribution in [-0.2, 0) is 4.79 Å². The third kappa shape index (κ3) is 3.26. The molecule has 0 saturated heterocycles. The van der Waals surface area contributed by atoms with Crippen LogP contribution in [0.4, 0.5) is 10.1 Å². The summed E-state index contributed by atoms with van der Waals surface area (Å²) in [5.74, 6) is -0.754. The molecule has 0 bridgehead atoms. The Kier molecular flexibility index (Phi) is 4.53. The van der Waals surface area contributed by atoms with Crippen LogP contribution in [0.2, 0.25) is 0 Å². The predicted molar refractivity (Wildman–Crippen MR) is 106 cm³/mol. The predicted octanol–water partition coefficient (Wildman–Crippen LogP) is 4.45. The van der Waals surface area contributed by atoms with E-state index in [1.807, 2.05) is 41.7 Å². The molecule has 2 aromatic heterocycles. The summed E-state index contributed by atoms with van der Waals surface area (Å²) in [5.41, 5.74) is 3.01. The average molecular weight is 380 g/mol. The molecular weight excluding hydrogens is 363 g/mol. The van der Waals surface area contributed by atoms with E-state index in [0.29, 0.717) is 5.16 Å². The Labute approximate surface area is 159 Å². The third-order valence-corrected chi connectivity index (χ3v) is 5.40. The minimum atomic E-state index is -0.475.